The summed E-state index contributed by atoms with van der Waals surface area (Å²) in [6, 6.07) is 11.7. The third-order valence-corrected chi connectivity index (χ3v) is 1.73. The Morgan fingerprint density at radius 2 is 2.00 bits per heavy atom. The highest BCUT2D eigenvalue weighted by Crippen LogP contribution is 2.06. The van der Waals surface area contributed by atoms with Crippen LogP contribution >= 0.6 is 0 Å². The molecule has 13 heavy (non-hydrogen) atoms. The lowest BCUT2D eigenvalue weighted by Crippen LogP contribution is -1.92. The summed E-state index contributed by atoms with van der Waals surface area (Å²) < 4.78 is 1.68. The van der Waals surface area contributed by atoms with Crippen molar-refractivity contribution in [3.63, 3.8) is 0 Å². The van der Waals surface area contributed by atoms with Crippen LogP contribution in [0.25, 0.3) is 5.69 Å². The number of hydrogen-bond acceptors (Lipinski definition) is 2. The molecular weight excluding hydrogens is 162 g/mol. The van der Waals surface area contributed by atoms with Gasteiger partial charge in [-0.25, -0.2) is 4.68 Å². The van der Waals surface area contributed by atoms with Gasteiger partial charge in [0.2, 0.25) is 0 Å². The fraction of sp³-hybridized carbons (Fsp3) is 0. The van der Waals surface area contributed by atoms with E-state index in [1.807, 2.05) is 36.4 Å². The van der Waals surface area contributed by atoms with Gasteiger partial charge in [0.15, 0.2) is 0 Å². The van der Waals surface area contributed by atoms with E-state index in [-0.39, 0.29) is 0 Å². The van der Waals surface area contributed by atoms with Crippen molar-refractivity contribution in [2.75, 3.05) is 0 Å². The van der Waals surface area contributed by atoms with E-state index in [4.69, 9.17) is 5.26 Å². The van der Waals surface area contributed by atoms with Crippen LogP contribution in [0.15, 0.2) is 42.7 Å². The highest BCUT2D eigenvalue weighted by molar-refractivity contribution is 5.33. The second-order valence-electron chi connectivity index (χ2n) is 2.62. The molecule has 0 amide bonds. The van der Waals surface area contributed by atoms with E-state index in [1.165, 1.54) is 0 Å². The van der Waals surface area contributed by atoms with Crippen molar-refractivity contribution in [3.05, 3.63) is 48.3 Å². The SMILES string of the molecule is N#Cc1cnn(-c2ccccc2)c1. The van der Waals surface area contributed by atoms with E-state index in [0.717, 1.165) is 5.69 Å². The predicted octanol–water partition coefficient (Wildman–Crippen LogP) is 1.74. The van der Waals surface area contributed by atoms with Gasteiger partial charge in [-0.05, 0) is 12.1 Å². The summed E-state index contributed by atoms with van der Waals surface area (Å²) in [7, 11) is 0. The zero-order valence-corrected chi connectivity index (χ0v) is 6.88. The van der Waals surface area contributed by atoms with Gasteiger partial charge in [-0.1, -0.05) is 18.2 Å². The van der Waals surface area contributed by atoms with Gasteiger partial charge in [-0.3, -0.25) is 0 Å². The summed E-state index contributed by atoms with van der Waals surface area (Å²) in [5.74, 6) is 0. The van der Waals surface area contributed by atoms with E-state index in [9.17, 15) is 0 Å². The first-order valence-corrected chi connectivity index (χ1v) is 3.90. The maximum atomic E-state index is 8.59. The lowest BCUT2D eigenvalue weighted by molar-refractivity contribution is 0.880. The molecule has 3 nitrogen and oxygen atoms in total. The summed E-state index contributed by atoms with van der Waals surface area (Å²) >= 11 is 0. The minimum absolute atomic E-state index is 0.573. The molecule has 0 fully saturated rings. The molecule has 2 rings (SSSR count). The van der Waals surface area contributed by atoms with Crippen LogP contribution in [0.5, 0.6) is 0 Å². The zero-order valence-electron chi connectivity index (χ0n) is 6.88. The van der Waals surface area contributed by atoms with Crippen LogP contribution in [0.2, 0.25) is 0 Å². The van der Waals surface area contributed by atoms with E-state index in [0.29, 0.717) is 5.56 Å². The van der Waals surface area contributed by atoms with Crippen LogP contribution in [0.3, 0.4) is 0 Å². The second-order valence-corrected chi connectivity index (χ2v) is 2.62. The Hall–Kier alpha value is -2.08. The molecule has 1 aromatic carbocycles. The molecule has 1 aromatic heterocycles. The molecule has 62 valence electrons. The van der Waals surface area contributed by atoms with Gasteiger partial charge in [0.05, 0.1) is 17.4 Å². The standard InChI is InChI=1S/C10H7N3/c11-6-9-7-12-13(8-9)10-4-2-1-3-5-10/h1-5,7-8H. The summed E-state index contributed by atoms with van der Waals surface area (Å²) in [5.41, 5.74) is 1.54. The smallest absolute Gasteiger partial charge is 0.102 e. The Morgan fingerprint density at radius 3 is 2.62 bits per heavy atom. The van der Waals surface area contributed by atoms with Crippen LogP contribution in [-0.4, -0.2) is 9.78 Å². The number of aromatic nitrogens is 2. The van der Waals surface area contributed by atoms with Gasteiger partial charge in [0, 0.05) is 6.20 Å². The number of benzene rings is 1. The fourth-order valence-corrected chi connectivity index (χ4v) is 1.10. The van der Waals surface area contributed by atoms with Crippen LogP contribution in [0.4, 0.5) is 0 Å². The molecule has 0 aliphatic carbocycles. The van der Waals surface area contributed by atoms with Gasteiger partial charge in [-0.2, -0.15) is 10.4 Å². The van der Waals surface area contributed by atoms with Crippen molar-refractivity contribution in [3.8, 4) is 11.8 Å². The molecule has 0 unspecified atom stereocenters. The van der Waals surface area contributed by atoms with Crippen molar-refractivity contribution in [2.24, 2.45) is 0 Å². The summed E-state index contributed by atoms with van der Waals surface area (Å²) in [5, 5.41) is 12.6. The first kappa shape index (κ1) is 7.56. The Kier molecular flexibility index (Phi) is 1.81. The molecule has 2 aromatic rings. The highest BCUT2D eigenvalue weighted by atomic mass is 15.3. The van der Waals surface area contributed by atoms with Crippen molar-refractivity contribution in [1.29, 1.82) is 5.26 Å². The lowest BCUT2D eigenvalue weighted by atomic mass is 10.3. The molecule has 1 heterocycles. The van der Waals surface area contributed by atoms with Gasteiger partial charge < -0.3 is 0 Å². The average Bonchev–Trinajstić information content (AvgIpc) is 2.67. The number of hydrogen-bond donors (Lipinski definition) is 0. The van der Waals surface area contributed by atoms with Gasteiger partial charge in [-0.15, -0.1) is 0 Å². The molecule has 0 N–H and O–H groups in total. The quantitative estimate of drug-likeness (QED) is 0.652. The van der Waals surface area contributed by atoms with E-state index in [2.05, 4.69) is 5.10 Å². The van der Waals surface area contributed by atoms with E-state index >= 15 is 0 Å². The second kappa shape index (κ2) is 3.11. The molecule has 0 saturated heterocycles. The van der Waals surface area contributed by atoms with Gasteiger partial charge >= 0.3 is 0 Å². The lowest BCUT2D eigenvalue weighted by Gasteiger charge is -1.97. The van der Waals surface area contributed by atoms with Crippen LogP contribution in [0, 0.1) is 11.3 Å². The first-order chi connectivity index (χ1) is 6.40. The molecule has 0 saturated carbocycles. The summed E-state index contributed by atoms with van der Waals surface area (Å²) in [6.45, 7) is 0. The fourth-order valence-electron chi connectivity index (χ4n) is 1.10. The van der Waals surface area contributed by atoms with Crippen molar-refractivity contribution < 1.29 is 0 Å². The Bertz CT molecular complexity index is 437. The van der Waals surface area contributed by atoms with Gasteiger partial charge in [0.25, 0.3) is 0 Å². The average molecular weight is 169 g/mol. The van der Waals surface area contributed by atoms with Crippen LogP contribution in [0.1, 0.15) is 5.56 Å². The molecular formula is C10H7N3. The normalized spacial score (nSPS) is 9.46. The Labute approximate surface area is 75.9 Å². The van der Waals surface area contributed by atoms with E-state index < -0.39 is 0 Å². The third kappa shape index (κ3) is 1.42. The monoisotopic (exact) mass is 169 g/mol. The predicted molar refractivity (Wildman–Crippen MR) is 48.3 cm³/mol. The molecule has 3 heteroatoms. The van der Waals surface area contributed by atoms with Crippen molar-refractivity contribution >= 4 is 0 Å². The number of para-hydroxylation sites is 1. The maximum absolute atomic E-state index is 8.59. The van der Waals surface area contributed by atoms with Crippen molar-refractivity contribution in [2.45, 2.75) is 0 Å². The van der Waals surface area contributed by atoms with Crippen molar-refractivity contribution in [1.82, 2.24) is 9.78 Å². The Morgan fingerprint density at radius 1 is 1.23 bits per heavy atom. The zero-order chi connectivity index (χ0) is 9.10. The Balaban J connectivity index is 2.43. The molecule has 0 spiro atoms. The number of nitrogens with zero attached hydrogens (tertiary/aromatic N) is 3. The largest absolute Gasteiger partial charge is 0.240 e. The first-order valence-electron chi connectivity index (χ1n) is 3.90. The summed E-state index contributed by atoms with van der Waals surface area (Å²) in [6.07, 6.45) is 3.25. The minimum Gasteiger partial charge on any atom is -0.240 e. The van der Waals surface area contributed by atoms with Crippen LogP contribution < -0.4 is 0 Å². The minimum atomic E-state index is 0.573. The van der Waals surface area contributed by atoms with Crippen LogP contribution in [-0.2, 0) is 0 Å². The maximum Gasteiger partial charge on any atom is 0.102 e. The molecule has 0 bridgehead atoms. The molecule has 0 atom stereocenters. The molecule has 0 aliphatic rings. The third-order valence-electron chi connectivity index (χ3n) is 1.73. The van der Waals surface area contributed by atoms with E-state index in [1.54, 1.807) is 17.1 Å². The molecule has 0 radical (unpaired) electrons. The number of nitriles is 1. The molecule has 0 aliphatic heterocycles. The number of rotatable bonds is 1. The topological polar surface area (TPSA) is 41.6 Å². The highest BCUT2D eigenvalue weighted by Gasteiger charge is 1.97. The summed E-state index contributed by atoms with van der Waals surface area (Å²) in [4.78, 5) is 0. The van der Waals surface area contributed by atoms with Gasteiger partial charge in [0.1, 0.15) is 6.07 Å².